The van der Waals surface area contributed by atoms with E-state index in [4.69, 9.17) is 0 Å². The zero-order valence-corrected chi connectivity index (χ0v) is 13.5. The van der Waals surface area contributed by atoms with Gasteiger partial charge in [-0.2, -0.15) is 0 Å². The van der Waals surface area contributed by atoms with Gasteiger partial charge in [-0.25, -0.2) is 0 Å². The van der Waals surface area contributed by atoms with E-state index in [1.807, 2.05) is 0 Å². The third-order valence-electron chi connectivity index (χ3n) is 3.93. The maximum atomic E-state index is 3.52. The summed E-state index contributed by atoms with van der Waals surface area (Å²) in [5, 5.41) is 3.52. The minimum atomic E-state index is 0.549. The largest absolute Gasteiger partial charge is 0.371 e. The van der Waals surface area contributed by atoms with Gasteiger partial charge in [0.05, 0.1) is 0 Å². The first-order chi connectivity index (χ1) is 8.97. The molecule has 0 saturated heterocycles. The summed E-state index contributed by atoms with van der Waals surface area (Å²) in [6, 6.07) is 7.33. The van der Waals surface area contributed by atoms with E-state index >= 15 is 0 Å². The van der Waals surface area contributed by atoms with E-state index in [9.17, 15) is 0 Å². The van der Waals surface area contributed by atoms with Gasteiger partial charge < -0.3 is 10.2 Å². The number of rotatable bonds is 7. The lowest BCUT2D eigenvalue weighted by Gasteiger charge is -2.32. The van der Waals surface area contributed by atoms with Crippen LogP contribution in [0.3, 0.4) is 0 Å². The summed E-state index contributed by atoms with van der Waals surface area (Å²) in [5.74, 6) is 0.655. The summed E-state index contributed by atoms with van der Waals surface area (Å²) in [4.78, 5) is 2.41. The van der Waals surface area contributed by atoms with Gasteiger partial charge in [0.1, 0.15) is 0 Å². The zero-order chi connectivity index (χ0) is 14.4. The maximum absolute atomic E-state index is 3.52. The second kappa shape index (κ2) is 7.54. The Hall–Kier alpha value is -1.02. The molecule has 0 amide bonds. The van der Waals surface area contributed by atoms with Crippen LogP contribution in [0, 0.1) is 12.8 Å². The van der Waals surface area contributed by atoms with E-state index in [-0.39, 0.29) is 0 Å². The van der Waals surface area contributed by atoms with Crippen LogP contribution in [0.5, 0.6) is 0 Å². The van der Waals surface area contributed by atoms with Crippen molar-refractivity contribution in [3.63, 3.8) is 0 Å². The molecular weight excluding hydrogens is 232 g/mol. The van der Waals surface area contributed by atoms with Crippen LogP contribution in [0.15, 0.2) is 18.2 Å². The van der Waals surface area contributed by atoms with Crippen LogP contribution < -0.4 is 10.2 Å². The number of nitrogens with zero attached hydrogens (tertiary/aromatic N) is 1. The highest BCUT2D eigenvalue weighted by Crippen LogP contribution is 2.24. The fourth-order valence-corrected chi connectivity index (χ4v) is 2.27. The third-order valence-corrected chi connectivity index (χ3v) is 3.93. The van der Waals surface area contributed by atoms with E-state index in [1.165, 1.54) is 23.2 Å². The minimum Gasteiger partial charge on any atom is -0.371 e. The third kappa shape index (κ3) is 4.54. The Morgan fingerprint density at radius 2 is 1.89 bits per heavy atom. The molecule has 1 unspecified atom stereocenters. The molecule has 1 rings (SSSR count). The minimum absolute atomic E-state index is 0.549. The maximum Gasteiger partial charge on any atom is 0.0411 e. The smallest absolute Gasteiger partial charge is 0.0411 e. The van der Waals surface area contributed by atoms with Crippen LogP contribution in [0.1, 0.15) is 45.2 Å². The van der Waals surface area contributed by atoms with E-state index in [0.717, 1.165) is 13.1 Å². The Bertz CT molecular complexity index is 385. The number of hydrogen-bond acceptors (Lipinski definition) is 2. The van der Waals surface area contributed by atoms with Gasteiger partial charge in [0.25, 0.3) is 0 Å². The highest BCUT2D eigenvalue weighted by atomic mass is 15.1. The number of nitrogens with one attached hydrogen (secondary N) is 1. The quantitative estimate of drug-likeness (QED) is 0.748. The molecule has 19 heavy (non-hydrogen) atoms. The molecule has 0 saturated carbocycles. The Labute approximate surface area is 119 Å². The zero-order valence-electron chi connectivity index (χ0n) is 13.5. The average molecular weight is 262 g/mol. The summed E-state index contributed by atoms with van der Waals surface area (Å²) in [5.41, 5.74) is 4.10. The van der Waals surface area contributed by atoms with Gasteiger partial charge >= 0.3 is 0 Å². The summed E-state index contributed by atoms with van der Waals surface area (Å²) >= 11 is 0. The highest BCUT2D eigenvalue weighted by molar-refractivity contribution is 5.55. The van der Waals surface area contributed by atoms with Gasteiger partial charge in [0.15, 0.2) is 0 Å². The van der Waals surface area contributed by atoms with Gasteiger partial charge in [0.2, 0.25) is 0 Å². The summed E-state index contributed by atoms with van der Waals surface area (Å²) in [7, 11) is 2.21. The molecule has 108 valence electrons. The van der Waals surface area contributed by atoms with Crippen molar-refractivity contribution < 1.29 is 0 Å². The molecule has 0 aliphatic rings. The van der Waals surface area contributed by atoms with Crippen LogP contribution in [0.25, 0.3) is 0 Å². The normalized spacial score (nSPS) is 12.8. The van der Waals surface area contributed by atoms with Crippen molar-refractivity contribution in [3.05, 3.63) is 29.3 Å². The van der Waals surface area contributed by atoms with Crippen LogP contribution in [0.2, 0.25) is 0 Å². The first-order valence-corrected chi connectivity index (χ1v) is 7.50. The van der Waals surface area contributed by atoms with Gasteiger partial charge in [-0.15, -0.1) is 0 Å². The molecule has 0 aromatic heterocycles. The lowest BCUT2D eigenvalue weighted by atomic mass is 10.0. The SMILES string of the molecule is CCCNCc1cc(C)ccc1N(C)C(C)C(C)C. The van der Waals surface area contributed by atoms with Gasteiger partial charge in [-0.3, -0.25) is 0 Å². The number of aryl methyl sites for hydroxylation is 1. The van der Waals surface area contributed by atoms with E-state index in [0.29, 0.717) is 12.0 Å². The summed E-state index contributed by atoms with van der Waals surface area (Å²) in [6.45, 7) is 13.3. The van der Waals surface area contributed by atoms with Gasteiger partial charge in [0, 0.05) is 25.3 Å². The fraction of sp³-hybridized carbons (Fsp3) is 0.647. The van der Waals surface area contributed by atoms with E-state index in [2.05, 4.69) is 70.1 Å². The first kappa shape index (κ1) is 16.0. The molecular formula is C17H30N2. The Morgan fingerprint density at radius 1 is 1.21 bits per heavy atom. The molecule has 0 heterocycles. The second-order valence-corrected chi connectivity index (χ2v) is 5.90. The van der Waals surface area contributed by atoms with Crippen LogP contribution in [0.4, 0.5) is 5.69 Å². The van der Waals surface area contributed by atoms with Crippen molar-refractivity contribution in [1.82, 2.24) is 5.32 Å². The number of benzene rings is 1. The van der Waals surface area contributed by atoms with Crippen molar-refractivity contribution in [2.75, 3.05) is 18.5 Å². The predicted octanol–water partition coefficient (Wildman–Crippen LogP) is 3.98. The van der Waals surface area contributed by atoms with Crippen LogP contribution in [-0.4, -0.2) is 19.6 Å². The van der Waals surface area contributed by atoms with Crippen molar-refractivity contribution in [1.29, 1.82) is 0 Å². The fourth-order valence-electron chi connectivity index (χ4n) is 2.27. The second-order valence-electron chi connectivity index (χ2n) is 5.90. The van der Waals surface area contributed by atoms with Crippen LogP contribution in [-0.2, 0) is 6.54 Å². The van der Waals surface area contributed by atoms with Crippen molar-refractivity contribution >= 4 is 5.69 Å². The molecule has 1 atom stereocenters. The molecule has 2 heteroatoms. The molecule has 0 aliphatic heterocycles. The van der Waals surface area contributed by atoms with Gasteiger partial charge in [-0.05, 0) is 44.4 Å². The van der Waals surface area contributed by atoms with Gasteiger partial charge in [-0.1, -0.05) is 38.5 Å². The topological polar surface area (TPSA) is 15.3 Å². The van der Waals surface area contributed by atoms with E-state index in [1.54, 1.807) is 0 Å². The monoisotopic (exact) mass is 262 g/mol. The molecule has 2 nitrogen and oxygen atoms in total. The first-order valence-electron chi connectivity index (χ1n) is 7.50. The lowest BCUT2D eigenvalue weighted by Crippen LogP contribution is -2.34. The molecule has 1 N–H and O–H groups in total. The molecule has 1 aromatic rings. The molecule has 1 aromatic carbocycles. The molecule has 0 radical (unpaired) electrons. The van der Waals surface area contributed by atoms with E-state index < -0.39 is 0 Å². The number of anilines is 1. The number of hydrogen-bond donors (Lipinski definition) is 1. The van der Waals surface area contributed by atoms with Crippen molar-refractivity contribution in [3.8, 4) is 0 Å². The van der Waals surface area contributed by atoms with Crippen molar-refractivity contribution in [2.24, 2.45) is 5.92 Å². The summed E-state index contributed by atoms with van der Waals surface area (Å²) < 4.78 is 0. The molecule has 0 aliphatic carbocycles. The van der Waals surface area contributed by atoms with Crippen LogP contribution >= 0.6 is 0 Å². The standard InChI is InChI=1S/C17H30N2/c1-7-10-18-12-16-11-14(4)8-9-17(16)19(6)15(5)13(2)3/h8-9,11,13,15,18H,7,10,12H2,1-6H3. The van der Waals surface area contributed by atoms with Crippen molar-refractivity contribution in [2.45, 2.75) is 53.6 Å². The summed E-state index contributed by atoms with van der Waals surface area (Å²) in [6.07, 6.45) is 1.18. The molecule has 0 spiro atoms. The lowest BCUT2D eigenvalue weighted by molar-refractivity contribution is 0.504. The highest BCUT2D eigenvalue weighted by Gasteiger charge is 2.16. The predicted molar refractivity (Wildman–Crippen MR) is 85.9 cm³/mol. The Balaban J connectivity index is 2.92. The molecule has 0 fully saturated rings. The molecule has 0 bridgehead atoms. The average Bonchev–Trinajstić information content (AvgIpc) is 2.37. The Kier molecular flexibility index (Phi) is 6.36. The Morgan fingerprint density at radius 3 is 2.47 bits per heavy atom.